The summed E-state index contributed by atoms with van der Waals surface area (Å²) in [7, 11) is 0. The van der Waals surface area contributed by atoms with E-state index in [1.165, 1.54) is 16.2 Å². The van der Waals surface area contributed by atoms with Crippen molar-refractivity contribution < 1.29 is 14.4 Å². The van der Waals surface area contributed by atoms with Gasteiger partial charge in [0.25, 0.3) is 17.6 Å². The Balaban J connectivity index is 1.46. The molecule has 3 aromatic rings. The summed E-state index contributed by atoms with van der Waals surface area (Å²) in [4.78, 5) is 43.7. The quantitative estimate of drug-likeness (QED) is 0.465. The predicted octanol–water partition coefficient (Wildman–Crippen LogP) is 3.03. The van der Waals surface area contributed by atoms with Gasteiger partial charge in [0.1, 0.15) is 0 Å². The van der Waals surface area contributed by atoms with E-state index in [2.05, 4.69) is 5.10 Å². The SMILES string of the molecule is Cc1ccc(C(=O)N2CCN(C(=O)C(=O)c3c(C)nn(-c4ccccc4)c3C)CC2)s1. The minimum absolute atomic E-state index is 0.0210. The highest BCUT2D eigenvalue weighted by molar-refractivity contribution is 7.13. The zero-order valence-electron chi connectivity index (χ0n) is 17.8. The summed E-state index contributed by atoms with van der Waals surface area (Å²) in [6.07, 6.45) is 0. The first-order valence-electron chi connectivity index (χ1n) is 10.2. The molecule has 0 radical (unpaired) electrons. The summed E-state index contributed by atoms with van der Waals surface area (Å²) in [5.74, 6) is -1.11. The maximum atomic E-state index is 13.0. The van der Waals surface area contributed by atoms with Crippen LogP contribution in [0.25, 0.3) is 5.69 Å². The monoisotopic (exact) mass is 436 g/mol. The van der Waals surface area contributed by atoms with Gasteiger partial charge in [-0.1, -0.05) is 18.2 Å². The van der Waals surface area contributed by atoms with Gasteiger partial charge in [-0.15, -0.1) is 11.3 Å². The zero-order valence-corrected chi connectivity index (χ0v) is 18.6. The molecule has 8 heteroatoms. The highest BCUT2D eigenvalue weighted by atomic mass is 32.1. The van der Waals surface area contributed by atoms with Crippen molar-refractivity contribution in [2.75, 3.05) is 26.2 Å². The number of amides is 2. The van der Waals surface area contributed by atoms with E-state index in [-0.39, 0.29) is 5.91 Å². The number of rotatable bonds is 4. The molecule has 1 saturated heterocycles. The molecule has 4 rings (SSSR count). The van der Waals surface area contributed by atoms with Crippen LogP contribution in [0, 0.1) is 20.8 Å². The summed E-state index contributed by atoms with van der Waals surface area (Å²) in [6.45, 7) is 7.01. The molecule has 1 aromatic carbocycles. The number of carbonyl (C=O) groups is 3. The van der Waals surface area contributed by atoms with E-state index in [1.807, 2.05) is 49.4 Å². The molecular formula is C23H24N4O3S. The normalized spacial score (nSPS) is 14.0. The number of carbonyl (C=O) groups excluding carboxylic acids is 3. The van der Waals surface area contributed by atoms with Gasteiger partial charge in [0.2, 0.25) is 0 Å². The Kier molecular flexibility index (Phi) is 5.73. The van der Waals surface area contributed by atoms with Crippen LogP contribution in [0.15, 0.2) is 42.5 Å². The molecule has 2 amide bonds. The number of aryl methyl sites for hydroxylation is 2. The summed E-state index contributed by atoms with van der Waals surface area (Å²) in [6, 6.07) is 13.3. The van der Waals surface area contributed by atoms with Crippen molar-refractivity contribution in [2.45, 2.75) is 20.8 Å². The van der Waals surface area contributed by atoms with Gasteiger partial charge in [-0.3, -0.25) is 14.4 Å². The van der Waals surface area contributed by atoms with E-state index < -0.39 is 11.7 Å². The smallest absolute Gasteiger partial charge is 0.295 e. The van der Waals surface area contributed by atoms with Crippen molar-refractivity contribution in [2.24, 2.45) is 0 Å². The number of ketones is 1. The van der Waals surface area contributed by atoms with Gasteiger partial charge >= 0.3 is 0 Å². The molecule has 0 spiro atoms. The Labute approximate surface area is 184 Å². The number of benzene rings is 1. The molecule has 0 bridgehead atoms. The summed E-state index contributed by atoms with van der Waals surface area (Å²) >= 11 is 1.47. The van der Waals surface area contributed by atoms with Crippen LogP contribution in [0.3, 0.4) is 0 Å². The highest BCUT2D eigenvalue weighted by Crippen LogP contribution is 2.21. The Morgan fingerprint density at radius 3 is 2.13 bits per heavy atom. The lowest BCUT2D eigenvalue weighted by molar-refractivity contribution is -0.127. The molecule has 2 aromatic heterocycles. The minimum atomic E-state index is -0.550. The minimum Gasteiger partial charge on any atom is -0.334 e. The largest absolute Gasteiger partial charge is 0.334 e. The van der Waals surface area contributed by atoms with E-state index in [1.54, 1.807) is 23.4 Å². The van der Waals surface area contributed by atoms with Gasteiger partial charge in [0.15, 0.2) is 0 Å². The molecular weight excluding hydrogens is 412 g/mol. The van der Waals surface area contributed by atoms with Crippen LogP contribution >= 0.6 is 11.3 Å². The number of piperazine rings is 1. The zero-order chi connectivity index (χ0) is 22.1. The molecule has 7 nitrogen and oxygen atoms in total. The maximum Gasteiger partial charge on any atom is 0.295 e. The fourth-order valence-electron chi connectivity index (χ4n) is 3.86. The van der Waals surface area contributed by atoms with Gasteiger partial charge < -0.3 is 9.80 Å². The van der Waals surface area contributed by atoms with Gasteiger partial charge in [-0.05, 0) is 45.0 Å². The van der Waals surface area contributed by atoms with Crippen molar-refractivity contribution in [1.29, 1.82) is 0 Å². The topological polar surface area (TPSA) is 75.5 Å². The molecule has 0 atom stereocenters. The third-order valence-electron chi connectivity index (χ3n) is 5.52. The fourth-order valence-corrected chi connectivity index (χ4v) is 4.70. The first-order chi connectivity index (χ1) is 14.9. The molecule has 1 aliphatic heterocycles. The molecule has 0 aliphatic carbocycles. The average Bonchev–Trinajstić information content (AvgIpc) is 3.35. The number of hydrogen-bond acceptors (Lipinski definition) is 5. The Morgan fingerprint density at radius 1 is 0.871 bits per heavy atom. The Bertz CT molecular complexity index is 1140. The van der Waals surface area contributed by atoms with Gasteiger partial charge in [0, 0.05) is 31.1 Å². The van der Waals surface area contributed by atoms with Crippen LogP contribution in [0.4, 0.5) is 0 Å². The number of thiophene rings is 1. The van der Waals surface area contributed by atoms with Gasteiger partial charge in [0.05, 0.1) is 27.5 Å². The number of Topliss-reactive ketones (excluding diaryl/α,β-unsaturated/α-hetero) is 1. The molecule has 1 fully saturated rings. The summed E-state index contributed by atoms with van der Waals surface area (Å²) in [5.41, 5.74) is 2.36. The second kappa shape index (κ2) is 8.47. The standard InChI is InChI=1S/C23H24N4O3S/c1-15-9-10-19(31-15)22(29)25-11-13-26(14-12-25)23(30)21(28)20-16(2)24-27(17(20)3)18-7-5-4-6-8-18/h4-10H,11-14H2,1-3H3. The summed E-state index contributed by atoms with van der Waals surface area (Å²) in [5, 5.41) is 4.47. The molecule has 3 heterocycles. The van der Waals surface area contributed by atoms with Crippen molar-refractivity contribution in [3.05, 3.63) is 69.2 Å². The van der Waals surface area contributed by atoms with Crippen molar-refractivity contribution in [3.63, 3.8) is 0 Å². The number of hydrogen-bond donors (Lipinski definition) is 0. The second-order valence-corrected chi connectivity index (χ2v) is 8.90. The lowest BCUT2D eigenvalue weighted by Gasteiger charge is -2.34. The third kappa shape index (κ3) is 4.03. The maximum absolute atomic E-state index is 13.0. The van der Waals surface area contributed by atoms with E-state index in [0.29, 0.717) is 48.0 Å². The third-order valence-corrected chi connectivity index (χ3v) is 6.51. The van der Waals surface area contributed by atoms with Gasteiger partial charge in [-0.2, -0.15) is 5.10 Å². The van der Waals surface area contributed by atoms with Crippen LogP contribution < -0.4 is 0 Å². The van der Waals surface area contributed by atoms with Crippen LogP contribution in [0.2, 0.25) is 0 Å². The first kappa shape index (κ1) is 21.0. The Hall–Kier alpha value is -3.26. The fraction of sp³-hybridized carbons (Fsp3) is 0.304. The molecule has 1 aliphatic rings. The van der Waals surface area contributed by atoms with Gasteiger partial charge in [-0.25, -0.2) is 4.68 Å². The van der Waals surface area contributed by atoms with E-state index in [9.17, 15) is 14.4 Å². The van der Waals surface area contributed by atoms with Crippen LogP contribution in [-0.4, -0.2) is 63.4 Å². The molecule has 0 saturated carbocycles. The number of aromatic nitrogens is 2. The molecule has 160 valence electrons. The highest BCUT2D eigenvalue weighted by Gasteiger charge is 2.32. The van der Waals surface area contributed by atoms with E-state index in [4.69, 9.17) is 0 Å². The van der Waals surface area contributed by atoms with Crippen molar-refractivity contribution >= 4 is 28.9 Å². The second-order valence-electron chi connectivity index (χ2n) is 7.62. The van der Waals surface area contributed by atoms with Crippen LogP contribution in [-0.2, 0) is 4.79 Å². The first-order valence-corrected chi connectivity index (χ1v) is 11.0. The lowest BCUT2D eigenvalue weighted by Crippen LogP contribution is -2.52. The predicted molar refractivity (Wildman–Crippen MR) is 119 cm³/mol. The lowest BCUT2D eigenvalue weighted by atomic mass is 10.1. The number of nitrogens with zero attached hydrogens (tertiary/aromatic N) is 4. The van der Waals surface area contributed by atoms with E-state index >= 15 is 0 Å². The molecule has 0 N–H and O–H groups in total. The van der Waals surface area contributed by atoms with Crippen molar-refractivity contribution in [1.82, 2.24) is 19.6 Å². The van der Waals surface area contributed by atoms with E-state index in [0.717, 1.165) is 10.6 Å². The summed E-state index contributed by atoms with van der Waals surface area (Å²) < 4.78 is 1.69. The molecule has 31 heavy (non-hydrogen) atoms. The van der Waals surface area contributed by atoms with Crippen LogP contribution in [0.1, 0.15) is 36.3 Å². The van der Waals surface area contributed by atoms with Crippen LogP contribution in [0.5, 0.6) is 0 Å². The Morgan fingerprint density at radius 2 is 1.52 bits per heavy atom. The van der Waals surface area contributed by atoms with Crippen molar-refractivity contribution in [3.8, 4) is 5.69 Å². The average molecular weight is 437 g/mol. The number of para-hydroxylation sites is 1. The molecule has 0 unspecified atom stereocenters.